The van der Waals surface area contributed by atoms with Crippen LogP contribution in [0.15, 0.2) is 42.5 Å². The minimum atomic E-state index is -0.0961. The smallest absolute Gasteiger partial charge is 0.251 e. The lowest BCUT2D eigenvalue weighted by molar-refractivity contribution is -0.121. The number of nitrogens with one attached hydrogen (secondary N) is 2. The number of amides is 2. The van der Waals surface area contributed by atoms with Gasteiger partial charge in [0.15, 0.2) is 0 Å². The molecule has 2 aromatic carbocycles. The second-order valence-corrected chi connectivity index (χ2v) is 9.10. The van der Waals surface area contributed by atoms with Crippen LogP contribution in [0.1, 0.15) is 73.0 Å². The van der Waals surface area contributed by atoms with Gasteiger partial charge in [0.05, 0.1) is 0 Å². The number of aryl methyl sites for hydroxylation is 1. The van der Waals surface area contributed by atoms with Crippen molar-refractivity contribution >= 4 is 17.5 Å². The van der Waals surface area contributed by atoms with Crippen molar-refractivity contribution in [3.05, 3.63) is 64.7 Å². The molecule has 0 radical (unpaired) electrons. The van der Waals surface area contributed by atoms with Crippen molar-refractivity contribution in [3.63, 3.8) is 0 Å². The summed E-state index contributed by atoms with van der Waals surface area (Å²) in [5.41, 5.74) is 4.83. The minimum Gasteiger partial charge on any atom is -0.348 e. The van der Waals surface area contributed by atoms with E-state index in [0.717, 1.165) is 49.2 Å². The van der Waals surface area contributed by atoms with Crippen molar-refractivity contribution in [3.8, 4) is 0 Å². The van der Waals surface area contributed by atoms with Gasteiger partial charge in [-0.3, -0.25) is 9.59 Å². The predicted molar refractivity (Wildman–Crippen MR) is 131 cm³/mol. The van der Waals surface area contributed by atoms with E-state index in [9.17, 15) is 9.59 Å². The van der Waals surface area contributed by atoms with Crippen LogP contribution in [0.25, 0.3) is 0 Å². The first-order chi connectivity index (χ1) is 15.5. The summed E-state index contributed by atoms with van der Waals surface area (Å²) >= 11 is 0. The molecule has 1 aliphatic heterocycles. The van der Waals surface area contributed by atoms with Gasteiger partial charge in [-0.1, -0.05) is 62.9 Å². The number of hydrogen-bond acceptors (Lipinski definition) is 3. The Morgan fingerprint density at radius 2 is 1.72 bits per heavy atom. The van der Waals surface area contributed by atoms with Gasteiger partial charge >= 0.3 is 0 Å². The van der Waals surface area contributed by atoms with E-state index in [1.54, 1.807) is 0 Å². The molecule has 1 aliphatic rings. The summed E-state index contributed by atoms with van der Waals surface area (Å²) in [6.07, 6.45) is 5.71. The molecule has 5 nitrogen and oxygen atoms in total. The first-order valence-electron chi connectivity index (χ1n) is 11.9. The molecule has 0 spiro atoms. The van der Waals surface area contributed by atoms with Crippen LogP contribution >= 0.6 is 0 Å². The summed E-state index contributed by atoms with van der Waals surface area (Å²) in [6.45, 7) is 8.76. The molecule has 172 valence electrons. The molecule has 0 fully saturated rings. The predicted octanol–water partition coefficient (Wildman–Crippen LogP) is 4.97. The molecule has 0 unspecified atom stereocenters. The molecule has 32 heavy (non-hydrogen) atoms. The highest BCUT2D eigenvalue weighted by Crippen LogP contribution is 2.25. The Bertz CT molecular complexity index is 906. The molecule has 0 aliphatic carbocycles. The van der Waals surface area contributed by atoms with Gasteiger partial charge < -0.3 is 15.5 Å². The summed E-state index contributed by atoms with van der Waals surface area (Å²) in [7, 11) is 0. The molecule has 0 bridgehead atoms. The Morgan fingerprint density at radius 1 is 1.00 bits per heavy atom. The molecule has 0 saturated heterocycles. The monoisotopic (exact) mass is 435 g/mol. The second kappa shape index (κ2) is 11.8. The zero-order chi connectivity index (χ0) is 22.9. The number of rotatable bonds is 4. The molecule has 5 heteroatoms. The zero-order valence-corrected chi connectivity index (χ0v) is 19.7. The summed E-state index contributed by atoms with van der Waals surface area (Å²) in [5.74, 6) is -0.0256. The number of anilines is 1. The highest BCUT2D eigenvalue weighted by atomic mass is 16.2. The Hall–Kier alpha value is -2.66. The van der Waals surface area contributed by atoms with Crippen LogP contribution in [0.3, 0.4) is 0 Å². The average molecular weight is 436 g/mol. The maximum atomic E-state index is 13.0. The van der Waals surface area contributed by atoms with Gasteiger partial charge in [-0.2, -0.15) is 0 Å². The van der Waals surface area contributed by atoms with Gasteiger partial charge in [0.2, 0.25) is 5.91 Å². The van der Waals surface area contributed by atoms with Crippen molar-refractivity contribution in [1.29, 1.82) is 0 Å². The molecule has 0 saturated carbocycles. The normalized spacial score (nSPS) is 15.4. The zero-order valence-electron chi connectivity index (χ0n) is 19.7. The Morgan fingerprint density at radius 3 is 2.47 bits per heavy atom. The number of carbonyl (C=O) groups is 2. The Kier molecular flexibility index (Phi) is 8.86. The summed E-state index contributed by atoms with van der Waals surface area (Å²) in [5, 5.41) is 6.53. The third-order valence-electron chi connectivity index (χ3n) is 6.02. The SMILES string of the molecule is Cc1ccc(CNC(=O)c2ccc3c(c2)CNCCCCCCCN3C(=O)C(C)C)cc1. The number of nitrogens with zero attached hydrogens (tertiary/aromatic N) is 1. The fourth-order valence-electron chi connectivity index (χ4n) is 4.06. The highest BCUT2D eigenvalue weighted by molar-refractivity contribution is 5.98. The summed E-state index contributed by atoms with van der Waals surface area (Å²) in [4.78, 5) is 27.8. The van der Waals surface area contributed by atoms with Crippen molar-refractivity contribution in [2.45, 2.75) is 66.0 Å². The van der Waals surface area contributed by atoms with E-state index in [1.165, 1.54) is 18.4 Å². The van der Waals surface area contributed by atoms with Gasteiger partial charge in [0, 0.05) is 36.8 Å². The number of hydrogen-bond donors (Lipinski definition) is 2. The minimum absolute atomic E-state index is 0.0683. The van der Waals surface area contributed by atoms with E-state index in [-0.39, 0.29) is 17.7 Å². The highest BCUT2D eigenvalue weighted by Gasteiger charge is 2.22. The Balaban J connectivity index is 1.82. The molecule has 2 N–H and O–H groups in total. The fourth-order valence-corrected chi connectivity index (χ4v) is 4.06. The van der Waals surface area contributed by atoms with E-state index < -0.39 is 0 Å². The third kappa shape index (κ3) is 6.67. The molecule has 3 rings (SSSR count). The van der Waals surface area contributed by atoms with Crippen molar-refractivity contribution < 1.29 is 9.59 Å². The van der Waals surface area contributed by atoms with Crippen LogP contribution < -0.4 is 15.5 Å². The first-order valence-corrected chi connectivity index (χ1v) is 11.9. The number of carbonyl (C=O) groups excluding carboxylic acids is 2. The lowest BCUT2D eigenvalue weighted by Crippen LogP contribution is -2.36. The van der Waals surface area contributed by atoms with Crippen LogP contribution in [0.5, 0.6) is 0 Å². The quantitative estimate of drug-likeness (QED) is 0.713. The molecule has 0 aromatic heterocycles. The van der Waals surface area contributed by atoms with E-state index in [1.807, 2.05) is 49.1 Å². The summed E-state index contributed by atoms with van der Waals surface area (Å²) < 4.78 is 0. The van der Waals surface area contributed by atoms with Gasteiger partial charge in [-0.15, -0.1) is 0 Å². The van der Waals surface area contributed by atoms with Gasteiger partial charge in [-0.25, -0.2) is 0 Å². The van der Waals surface area contributed by atoms with Crippen LogP contribution in [-0.2, 0) is 17.9 Å². The van der Waals surface area contributed by atoms with Gasteiger partial charge in [0.25, 0.3) is 5.91 Å². The number of benzene rings is 2. The first kappa shape index (κ1) is 24.0. The lowest BCUT2D eigenvalue weighted by Gasteiger charge is -2.28. The van der Waals surface area contributed by atoms with Crippen molar-refractivity contribution in [2.75, 3.05) is 18.0 Å². The van der Waals surface area contributed by atoms with Gasteiger partial charge in [-0.05, 0) is 55.6 Å². The van der Waals surface area contributed by atoms with Gasteiger partial charge in [0.1, 0.15) is 0 Å². The maximum Gasteiger partial charge on any atom is 0.251 e. The molecular weight excluding hydrogens is 398 g/mol. The van der Waals surface area contributed by atoms with E-state index in [0.29, 0.717) is 18.7 Å². The second-order valence-electron chi connectivity index (χ2n) is 9.10. The van der Waals surface area contributed by atoms with Crippen LogP contribution in [-0.4, -0.2) is 24.9 Å². The third-order valence-corrected chi connectivity index (χ3v) is 6.02. The van der Waals surface area contributed by atoms with Crippen molar-refractivity contribution in [1.82, 2.24) is 10.6 Å². The lowest BCUT2D eigenvalue weighted by atomic mass is 10.0. The van der Waals surface area contributed by atoms with Crippen LogP contribution in [0.4, 0.5) is 5.69 Å². The van der Waals surface area contributed by atoms with E-state index >= 15 is 0 Å². The van der Waals surface area contributed by atoms with E-state index in [4.69, 9.17) is 0 Å². The molecular formula is C27H37N3O2. The number of fused-ring (bicyclic) bond motifs is 1. The maximum absolute atomic E-state index is 13.0. The largest absolute Gasteiger partial charge is 0.348 e. The average Bonchev–Trinajstić information content (AvgIpc) is 2.78. The standard InChI is InChI=1S/C27H37N3O2/c1-20(2)27(32)30-16-8-6-4-5-7-15-28-19-24-17-23(13-14-25(24)30)26(31)29-18-22-11-9-21(3)10-12-22/h9-14,17,20,28H,4-8,15-16,18-19H2,1-3H3,(H,29,31). The topological polar surface area (TPSA) is 61.4 Å². The van der Waals surface area contributed by atoms with E-state index in [2.05, 4.69) is 29.7 Å². The molecule has 1 heterocycles. The van der Waals surface area contributed by atoms with Crippen molar-refractivity contribution in [2.24, 2.45) is 5.92 Å². The van der Waals surface area contributed by atoms with Crippen LogP contribution in [0.2, 0.25) is 0 Å². The molecule has 0 atom stereocenters. The molecule has 2 amide bonds. The summed E-state index contributed by atoms with van der Waals surface area (Å²) in [6, 6.07) is 13.9. The van der Waals surface area contributed by atoms with Crippen LogP contribution in [0, 0.1) is 12.8 Å². The fraction of sp³-hybridized carbons (Fsp3) is 0.481. The Labute approximate surface area is 192 Å². The molecule has 2 aromatic rings.